The molecule has 0 fully saturated rings. The highest BCUT2D eigenvalue weighted by Gasteiger charge is 2.48. The fourth-order valence-electron chi connectivity index (χ4n) is 4.55. The second-order valence-corrected chi connectivity index (χ2v) is 14.3. The molecule has 0 bridgehead atoms. The Morgan fingerprint density at radius 1 is 0.766 bits per heavy atom. The molecule has 0 aromatic heterocycles. The number of likely N-dealkylation sites (N-methyl/N-ethyl adjacent to an activating group) is 1. The molecule has 0 rings (SSSR count). The number of allylic oxidation sites excluding steroid dienone is 6. The Balaban J connectivity index is 0. The van der Waals surface area contributed by atoms with Gasteiger partial charge in [0.15, 0.2) is 11.6 Å². The van der Waals surface area contributed by atoms with Gasteiger partial charge in [0, 0.05) is 12.8 Å². The molecule has 4 N–H and O–H groups in total. The molecule has 0 aromatic rings. The molecular weight excluding hydrogens is 621 g/mol. The normalized spacial score (nSPS) is 15.4. The first-order valence-corrected chi connectivity index (χ1v) is 19.2. The number of phosphoric acid groups is 1. The number of ketones is 2. The van der Waals surface area contributed by atoms with Gasteiger partial charge in [-0.3, -0.25) is 14.2 Å². The minimum absolute atomic E-state index is 0.00858. The molecular formula is C36H68NO9P. The van der Waals surface area contributed by atoms with Crippen LogP contribution < -0.4 is 4.89 Å². The molecule has 0 aliphatic heterocycles. The van der Waals surface area contributed by atoms with Gasteiger partial charge in [-0.25, -0.2) is 0 Å². The van der Waals surface area contributed by atoms with Crippen molar-refractivity contribution in [1.29, 1.82) is 0 Å². The van der Waals surface area contributed by atoms with Gasteiger partial charge in [0.25, 0.3) is 7.82 Å². The molecule has 0 heterocycles. The van der Waals surface area contributed by atoms with Crippen LogP contribution in [0, 0.1) is 0 Å². The maximum Gasteiger partial charge on any atom is 0.265 e. The lowest BCUT2D eigenvalue weighted by molar-refractivity contribution is -0.870. The van der Waals surface area contributed by atoms with Crippen LogP contribution in [0.15, 0.2) is 36.5 Å². The Morgan fingerprint density at radius 3 is 1.62 bits per heavy atom. The number of rotatable bonds is 29. The maximum absolute atomic E-state index is 12.7. The Morgan fingerprint density at radius 2 is 1.17 bits per heavy atom. The maximum atomic E-state index is 12.7. The number of carbonyl (C=O) groups excluding carboxylic acids is 2. The molecule has 0 spiro atoms. The van der Waals surface area contributed by atoms with Crippen LogP contribution in [0.1, 0.15) is 129 Å². The quantitative estimate of drug-likeness (QED) is 0.0239. The van der Waals surface area contributed by atoms with E-state index in [0.717, 1.165) is 51.4 Å². The van der Waals surface area contributed by atoms with Crippen LogP contribution in [0.2, 0.25) is 0 Å². The summed E-state index contributed by atoms with van der Waals surface area (Å²) < 4.78 is 14.8. The van der Waals surface area contributed by atoms with Crippen molar-refractivity contribution in [3.8, 4) is 0 Å². The van der Waals surface area contributed by atoms with E-state index in [4.69, 9.17) is 4.89 Å². The van der Waals surface area contributed by atoms with Crippen molar-refractivity contribution in [2.24, 2.45) is 0 Å². The van der Waals surface area contributed by atoms with Crippen LogP contribution >= 0.6 is 7.82 Å². The number of phosphoric ester groups is 1. The fraction of sp³-hybridized carbons (Fsp3) is 0.778. The largest absolute Gasteiger partial charge is 0.756 e. The zero-order valence-corrected chi connectivity index (χ0v) is 31.0. The molecule has 3 atom stereocenters. The molecule has 10 nitrogen and oxygen atoms in total. The van der Waals surface area contributed by atoms with Gasteiger partial charge in [0.05, 0.1) is 27.7 Å². The van der Waals surface area contributed by atoms with Crippen molar-refractivity contribution < 1.29 is 48.3 Å². The fourth-order valence-corrected chi connectivity index (χ4v) is 4.86. The van der Waals surface area contributed by atoms with E-state index in [9.17, 15) is 34.4 Å². The predicted molar refractivity (Wildman–Crippen MR) is 189 cm³/mol. The van der Waals surface area contributed by atoms with Gasteiger partial charge in [0.2, 0.25) is 5.60 Å². The van der Waals surface area contributed by atoms with E-state index in [0.29, 0.717) is 23.9 Å². The predicted octanol–water partition coefficient (Wildman–Crippen LogP) is 6.11. The van der Waals surface area contributed by atoms with Crippen LogP contribution in [0.5, 0.6) is 0 Å². The summed E-state index contributed by atoms with van der Waals surface area (Å²) in [5.74, 6) is -1.36. The lowest BCUT2D eigenvalue weighted by Crippen LogP contribution is -2.57. The first-order valence-electron chi connectivity index (χ1n) is 17.7. The van der Waals surface area contributed by atoms with Crippen LogP contribution in [0.25, 0.3) is 0 Å². The van der Waals surface area contributed by atoms with E-state index in [1.807, 2.05) is 21.1 Å². The number of nitrogens with zero attached hydrogens (tertiary/aromatic N) is 1. The van der Waals surface area contributed by atoms with Crippen LogP contribution in [0.3, 0.4) is 0 Å². The summed E-state index contributed by atoms with van der Waals surface area (Å²) in [7, 11) is 1.19. The van der Waals surface area contributed by atoms with E-state index in [-0.39, 0.29) is 19.4 Å². The molecule has 0 amide bonds. The smallest absolute Gasteiger partial charge is 0.265 e. The highest BCUT2D eigenvalue weighted by atomic mass is 31.2. The average Bonchev–Trinajstić information content (AvgIpc) is 3.00. The molecule has 0 aliphatic carbocycles. The minimum Gasteiger partial charge on any atom is -0.756 e. The Bertz CT molecular complexity index is 924. The second-order valence-electron chi connectivity index (χ2n) is 13.1. The van der Waals surface area contributed by atoms with Gasteiger partial charge in [-0.15, -0.1) is 0 Å². The number of aliphatic hydroxyl groups excluding tert-OH is 2. The third-order valence-electron chi connectivity index (χ3n) is 7.57. The number of unbranched alkanes of at least 4 members (excludes halogenated alkanes) is 11. The number of hydrogen-bond acceptors (Lipinski definition) is 8. The molecule has 0 aromatic carbocycles. The number of Topliss-reactive ketones (excluding diaryl/α,β-unsaturated/α-hetero) is 2. The van der Waals surface area contributed by atoms with Crippen LogP contribution in [-0.2, 0) is 18.7 Å². The van der Waals surface area contributed by atoms with Crippen molar-refractivity contribution in [2.75, 3.05) is 40.9 Å². The Labute approximate surface area is 285 Å². The van der Waals surface area contributed by atoms with Crippen molar-refractivity contribution in [2.45, 2.75) is 141 Å². The summed E-state index contributed by atoms with van der Waals surface area (Å²) >= 11 is 0. The van der Waals surface area contributed by atoms with Crippen molar-refractivity contribution in [3.05, 3.63) is 36.5 Å². The molecule has 276 valence electrons. The zero-order chi connectivity index (χ0) is 36.0. The third kappa shape index (κ3) is 29.2. The molecule has 11 heteroatoms. The zero-order valence-electron chi connectivity index (χ0n) is 30.1. The summed E-state index contributed by atoms with van der Waals surface area (Å²) in [5.41, 5.74) is -2.50. The average molecular weight is 690 g/mol. The third-order valence-corrected chi connectivity index (χ3v) is 8.08. The van der Waals surface area contributed by atoms with Crippen molar-refractivity contribution in [1.82, 2.24) is 0 Å². The number of hydrogen-bond donors (Lipinski definition) is 4. The Kier molecular flexibility index (Phi) is 29.8. The van der Waals surface area contributed by atoms with E-state index in [1.54, 1.807) is 0 Å². The summed E-state index contributed by atoms with van der Waals surface area (Å²) in [4.78, 5) is 43.6. The van der Waals surface area contributed by atoms with Gasteiger partial charge in [0.1, 0.15) is 19.3 Å². The molecule has 0 aliphatic rings. The summed E-state index contributed by atoms with van der Waals surface area (Å²) in [5, 5.41) is 30.2. The first-order chi connectivity index (χ1) is 22.2. The Hall–Kier alpha value is -1.49. The highest BCUT2D eigenvalue weighted by Crippen LogP contribution is 2.29. The van der Waals surface area contributed by atoms with E-state index >= 15 is 0 Å². The summed E-state index contributed by atoms with van der Waals surface area (Å²) in [6, 6.07) is 0. The first kappa shape index (κ1) is 47.6. The van der Waals surface area contributed by atoms with E-state index in [1.165, 1.54) is 38.5 Å². The lowest BCUT2D eigenvalue weighted by atomic mass is 9.82. The number of aliphatic hydroxyl groups is 3. The van der Waals surface area contributed by atoms with Gasteiger partial charge in [-0.05, 0) is 51.4 Å². The van der Waals surface area contributed by atoms with Crippen molar-refractivity contribution >= 4 is 19.4 Å². The van der Waals surface area contributed by atoms with E-state index in [2.05, 4.69) is 54.8 Å². The standard InChI is InChI=1S/C31H54O5.C5H14NO4P/c1-3-5-7-9-11-12-13-14-15-16-17-18-20-22-24-26-29(34)31(36,30(35)27-32)28(33)25-23-21-19-10-8-6-4-2;1-6(2,3)4-5-10-11(7,8)9/h11-12,14-15,17-18,30,32,35-36H,3-10,13,16,19-27H2,1-2H3;4-5H2,1-3H3,(H-,7,8,9)/b12-11-,15-14-,18-17-;/t30-,31-;/m0./s1. The van der Waals surface area contributed by atoms with Gasteiger partial charge in [-0.1, -0.05) is 102 Å². The number of carbonyl (C=O) groups is 2. The van der Waals surface area contributed by atoms with Crippen LogP contribution in [0.4, 0.5) is 0 Å². The molecule has 0 radical (unpaired) electrons. The lowest BCUT2D eigenvalue weighted by Gasteiger charge is -2.29. The van der Waals surface area contributed by atoms with Gasteiger partial charge < -0.3 is 34.1 Å². The molecule has 0 saturated carbocycles. The molecule has 1 unspecified atom stereocenters. The topological polar surface area (TPSA) is 164 Å². The number of quaternary nitrogens is 1. The SMILES string of the molecule is CCCCC/C=C\C/C=C\C/C=C\CCCCC(=O)[C@@](O)(C(=O)CCCCCCCCC)[C@@H](O)CO.C[N+](C)(C)CCOP(=O)([O-])O. The van der Waals surface area contributed by atoms with Gasteiger partial charge in [-0.2, -0.15) is 0 Å². The second kappa shape index (κ2) is 29.4. The van der Waals surface area contributed by atoms with Crippen molar-refractivity contribution in [3.63, 3.8) is 0 Å². The summed E-state index contributed by atoms with van der Waals surface area (Å²) in [6.45, 7) is 4.10. The highest BCUT2D eigenvalue weighted by molar-refractivity contribution is 7.44. The monoisotopic (exact) mass is 689 g/mol. The minimum atomic E-state index is -4.51. The van der Waals surface area contributed by atoms with E-state index < -0.39 is 37.7 Å². The molecule has 47 heavy (non-hydrogen) atoms. The summed E-state index contributed by atoms with van der Waals surface area (Å²) in [6.07, 6.45) is 27.2. The van der Waals surface area contributed by atoms with Crippen LogP contribution in [-0.4, -0.2) is 88.9 Å². The van der Waals surface area contributed by atoms with Gasteiger partial charge >= 0.3 is 0 Å². The molecule has 0 saturated heterocycles.